The monoisotopic (exact) mass is 993 g/mol. The Bertz CT molecular complexity index is 2810. The van der Waals surface area contributed by atoms with Gasteiger partial charge in [0.1, 0.15) is 42.6 Å². The van der Waals surface area contributed by atoms with E-state index in [9.17, 15) is 23.7 Å². The van der Waals surface area contributed by atoms with E-state index in [0.717, 1.165) is 74.8 Å². The van der Waals surface area contributed by atoms with Gasteiger partial charge in [0.25, 0.3) is 11.8 Å². The molecule has 0 spiro atoms. The van der Waals surface area contributed by atoms with Gasteiger partial charge in [0.05, 0.1) is 44.9 Å². The molecule has 20 heteroatoms. The lowest BCUT2D eigenvalue weighted by Gasteiger charge is -2.43. The van der Waals surface area contributed by atoms with Crippen molar-refractivity contribution in [3.8, 4) is 11.5 Å². The molecule has 1 unspecified atom stereocenters. The second-order valence-electron chi connectivity index (χ2n) is 17.5. The van der Waals surface area contributed by atoms with E-state index in [0.29, 0.717) is 69.0 Å². The van der Waals surface area contributed by atoms with Crippen molar-refractivity contribution in [2.24, 2.45) is 0 Å². The fourth-order valence-electron chi connectivity index (χ4n) is 9.60. The Morgan fingerprint density at radius 3 is 2.39 bits per heavy atom. The standard InChI is InChI=1S/C47H53BrN11O7P/c1-5-28-25-34(53-47-51-27-31(48)43(55-47)52-33-10-9-32-41(50-16-15-49-32)42(33)67(3,4)64)38(65-2)26-36(28)58-17-13-29(14-18-58)57-21-19-56(20-22-57)23-24-66-37-8-6-7-30-40(37)46(63)59(45(30)62)35-11-12-39(60)54-44(35)61/h6-10,15-16,25-27,29,35H,5,11-14,17-24H2,1-4H3,(H,54,60,61)(H2,51,52,53,55). The Balaban J connectivity index is 0.786. The molecule has 6 heterocycles. The number of nitrogens with zero attached hydrogens (tertiary/aromatic N) is 8. The van der Waals surface area contributed by atoms with Crippen molar-refractivity contribution in [3.05, 3.63) is 82.2 Å². The van der Waals surface area contributed by atoms with Crippen molar-refractivity contribution in [2.75, 3.05) is 88.4 Å². The lowest BCUT2D eigenvalue weighted by molar-refractivity contribution is -0.136. The number of amides is 4. The molecule has 3 N–H and O–H groups in total. The van der Waals surface area contributed by atoms with Gasteiger partial charge in [-0.3, -0.25) is 49.2 Å². The summed E-state index contributed by atoms with van der Waals surface area (Å²) in [5.74, 6) is -0.321. The van der Waals surface area contributed by atoms with Crippen LogP contribution in [-0.4, -0.2) is 143 Å². The zero-order valence-corrected chi connectivity index (χ0v) is 40.4. The molecule has 3 saturated heterocycles. The third-order valence-electron chi connectivity index (χ3n) is 13.0. The molecule has 67 heavy (non-hydrogen) atoms. The number of ether oxygens (including phenoxy) is 2. The number of hydrogen-bond acceptors (Lipinski definition) is 16. The quantitative estimate of drug-likeness (QED) is 0.0921. The van der Waals surface area contributed by atoms with E-state index in [1.165, 1.54) is 5.56 Å². The summed E-state index contributed by atoms with van der Waals surface area (Å²) in [6.45, 7) is 12.1. The number of aryl methyl sites for hydroxylation is 1. The molecule has 5 aromatic rings. The van der Waals surface area contributed by atoms with Crippen LogP contribution >= 0.6 is 23.1 Å². The van der Waals surface area contributed by atoms with Crippen molar-refractivity contribution in [3.63, 3.8) is 0 Å². The minimum Gasteiger partial charge on any atom is -0.494 e. The van der Waals surface area contributed by atoms with Crippen molar-refractivity contribution in [2.45, 2.75) is 51.1 Å². The van der Waals surface area contributed by atoms with Gasteiger partial charge in [0.2, 0.25) is 17.8 Å². The number of halogens is 1. The van der Waals surface area contributed by atoms with Crippen LogP contribution in [0, 0.1) is 0 Å². The molecular formula is C47H53BrN11O7P. The summed E-state index contributed by atoms with van der Waals surface area (Å²) < 4.78 is 26.2. The highest BCUT2D eigenvalue weighted by molar-refractivity contribution is 9.10. The number of fused-ring (bicyclic) bond motifs is 2. The number of piperidine rings is 2. The molecule has 3 aromatic carbocycles. The Morgan fingerprint density at radius 2 is 1.66 bits per heavy atom. The highest BCUT2D eigenvalue weighted by atomic mass is 79.9. The predicted molar refractivity (Wildman–Crippen MR) is 259 cm³/mol. The summed E-state index contributed by atoms with van der Waals surface area (Å²) in [6.07, 6.45) is 7.95. The number of methoxy groups -OCH3 is 1. The number of anilines is 5. The maximum Gasteiger partial charge on any atom is 0.266 e. The number of hydrogen-bond donors (Lipinski definition) is 3. The third kappa shape index (κ3) is 9.47. The Hall–Kier alpha value is -6.01. The van der Waals surface area contributed by atoms with E-state index >= 15 is 0 Å². The average molecular weight is 995 g/mol. The zero-order valence-electron chi connectivity index (χ0n) is 37.9. The van der Waals surface area contributed by atoms with Crippen LogP contribution in [0.15, 0.2) is 65.5 Å². The first-order valence-corrected chi connectivity index (χ1v) is 26.0. The molecular weight excluding hydrogens is 941 g/mol. The molecule has 0 aliphatic carbocycles. The normalized spacial score (nSPS) is 18.6. The summed E-state index contributed by atoms with van der Waals surface area (Å²) in [5.41, 5.74) is 5.34. The summed E-state index contributed by atoms with van der Waals surface area (Å²) in [6, 6.07) is 12.3. The number of nitrogens with one attached hydrogen (secondary N) is 3. The van der Waals surface area contributed by atoms with E-state index < -0.39 is 36.8 Å². The predicted octanol–water partition coefficient (Wildman–Crippen LogP) is 5.56. The highest BCUT2D eigenvalue weighted by Crippen LogP contribution is 2.42. The molecule has 9 rings (SSSR count). The van der Waals surface area contributed by atoms with E-state index in [2.05, 4.69) is 80.6 Å². The van der Waals surface area contributed by atoms with Crippen molar-refractivity contribution in [1.29, 1.82) is 0 Å². The van der Waals surface area contributed by atoms with Crippen LogP contribution in [0.5, 0.6) is 11.5 Å². The van der Waals surface area contributed by atoms with E-state index in [4.69, 9.17) is 14.5 Å². The summed E-state index contributed by atoms with van der Waals surface area (Å²) in [7, 11) is -1.12. The Kier molecular flexibility index (Phi) is 13.3. The second-order valence-corrected chi connectivity index (χ2v) is 21.5. The fraction of sp³-hybridized carbons (Fsp3) is 0.404. The maximum atomic E-state index is 13.5. The van der Waals surface area contributed by atoms with Gasteiger partial charge in [-0.2, -0.15) is 4.98 Å². The van der Waals surface area contributed by atoms with Crippen molar-refractivity contribution >= 4 is 91.9 Å². The second kappa shape index (κ2) is 19.3. The molecule has 3 fully saturated rings. The number of benzene rings is 3. The Labute approximate surface area is 396 Å². The Morgan fingerprint density at radius 1 is 0.881 bits per heavy atom. The van der Waals surface area contributed by atoms with Gasteiger partial charge in [-0.15, -0.1) is 0 Å². The summed E-state index contributed by atoms with van der Waals surface area (Å²) in [5, 5.41) is 9.60. The number of piperazine rings is 1. The average Bonchev–Trinajstić information content (AvgIpc) is 3.58. The largest absolute Gasteiger partial charge is 0.494 e. The molecule has 0 saturated carbocycles. The highest BCUT2D eigenvalue weighted by Gasteiger charge is 2.46. The van der Waals surface area contributed by atoms with Crippen LogP contribution in [0.4, 0.5) is 28.8 Å². The van der Waals surface area contributed by atoms with Crippen molar-refractivity contribution in [1.82, 2.24) is 40.0 Å². The van der Waals surface area contributed by atoms with Crippen LogP contribution in [0.2, 0.25) is 0 Å². The molecule has 0 bridgehead atoms. The molecule has 4 amide bonds. The van der Waals surface area contributed by atoms with Crippen LogP contribution < -0.4 is 35.6 Å². The minimum atomic E-state index is -2.79. The van der Waals surface area contributed by atoms with Crippen LogP contribution in [-0.2, 0) is 20.6 Å². The number of carbonyl (C=O) groups excluding carboxylic acids is 4. The smallest absolute Gasteiger partial charge is 0.266 e. The maximum absolute atomic E-state index is 13.5. The van der Waals surface area contributed by atoms with Gasteiger partial charge >= 0.3 is 0 Å². The van der Waals surface area contributed by atoms with Gasteiger partial charge in [-0.25, -0.2) is 4.98 Å². The van der Waals surface area contributed by atoms with Gasteiger partial charge in [-0.1, -0.05) is 13.0 Å². The molecule has 2 aromatic heterocycles. The van der Waals surface area contributed by atoms with Crippen LogP contribution in [0.25, 0.3) is 11.0 Å². The lowest BCUT2D eigenvalue weighted by Crippen LogP contribution is -2.54. The fourth-order valence-corrected chi connectivity index (χ4v) is 11.3. The first-order chi connectivity index (χ1) is 32.3. The minimum absolute atomic E-state index is 0.0637. The molecule has 4 aliphatic heterocycles. The van der Waals surface area contributed by atoms with Crippen LogP contribution in [0.3, 0.4) is 0 Å². The number of rotatable bonds is 14. The summed E-state index contributed by atoms with van der Waals surface area (Å²) >= 11 is 3.59. The topological polar surface area (TPSA) is 204 Å². The first-order valence-electron chi connectivity index (χ1n) is 22.6. The van der Waals surface area contributed by atoms with E-state index in [1.807, 2.05) is 12.1 Å². The molecule has 1 atom stereocenters. The molecule has 350 valence electrons. The van der Waals surface area contributed by atoms with E-state index in [-0.39, 0.29) is 24.0 Å². The molecule has 4 aliphatic rings. The van der Waals surface area contributed by atoms with Gasteiger partial charge in [0.15, 0.2) is 0 Å². The van der Waals surface area contributed by atoms with Gasteiger partial charge in [0, 0.05) is 88.6 Å². The number of carbonyl (C=O) groups is 4. The zero-order chi connectivity index (χ0) is 47.0. The number of imide groups is 2. The van der Waals surface area contributed by atoms with Crippen molar-refractivity contribution < 1.29 is 33.2 Å². The van der Waals surface area contributed by atoms with Crippen LogP contribution in [0.1, 0.15) is 58.9 Å². The molecule has 0 radical (unpaired) electrons. The SMILES string of the molecule is CCc1cc(Nc2ncc(Br)c(Nc3ccc4nccnc4c3P(C)(C)=O)n2)c(OC)cc1N1CCC(N2CCN(CCOc3cccc4c3C(=O)N(C3CCC(=O)NC3=O)C4=O)CC2)CC1. The first kappa shape index (κ1) is 46.1. The van der Waals surface area contributed by atoms with Gasteiger partial charge < -0.3 is 29.6 Å². The number of aromatic nitrogens is 4. The van der Waals surface area contributed by atoms with Gasteiger partial charge in [-0.05, 0) is 90.8 Å². The van der Waals surface area contributed by atoms with E-state index in [1.54, 1.807) is 57.2 Å². The molecule has 18 nitrogen and oxygen atoms in total. The third-order valence-corrected chi connectivity index (χ3v) is 15.1. The summed E-state index contributed by atoms with van der Waals surface area (Å²) in [4.78, 5) is 77.6. The lowest BCUT2D eigenvalue weighted by atomic mass is 9.99.